The van der Waals surface area contributed by atoms with Crippen molar-refractivity contribution in [1.82, 2.24) is 35.3 Å². The smallest absolute Gasteiger partial charge is 0.255 e. The summed E-state index contributed by atoms with van der Waals surface area (Å²) in [5.41, 5.74) is 4.43. The average molecular weight is 820 g/mol. The highest BCUT2D eigenvalue weighted by molar-refractivity contribution is 6.06. The topological polar surface area (TPSA) is 149 Å². The summed E-state index contributed by atoms with van der Waals surface area (Å²) in [5, 5.41) is 11.1. The van der Waals surface area contributed by atoms with Crippen molar-refractivity contribution in [2.24, 2.45) is 5.92 Å². The van der Waals surface area contributed by atoms with Gasteiger partial charge in [-0.05, 0) is 107 Å². The molecule has 1 unspecified atom stereocenters. The van der Waals surface area contributed by atoms with E-state index in [-0.39, 0.29) is 54.8 Å². The predicted octanol–water partition coefficient (Wildman–Crippen LogP) is 5.53. The van der Waals surface area contributed by atoms with E-state index < -0.39 is 11.9 Å². The van der Waals surface area contributed by atoms with Crippen molar-refractivity contribution in [3.63, 3.8) is 0 Å². The lowest BCUT2D eigenvalue weighted by Gasteiger charge is -2.39. The van der Waals surface area contributed by atoms with Gasteiger partial charge in [0.05, 0.1) is 41.2 Å². The van der Waals surface area contributed by atoms with E-state index in [9.17, 15) is 14.4 Å². The van der Waals surface area contributed by atoms with E-state index in [4.69, 9.17) is 9.47 Å². The lowest BCUT2D eigenvalue weighted by atomic mass is 9.86. The van der Waals surface area contributed by atoms with Crippen LogP contribution in [0.4, 0.5) is 15.9 Å². The van der Waals surface area contributed by atoms with Gasteiger partial charge in [-0.25, -0.2) is 14.4 Å². The fourth-order valence-corrected chi connectivity index (χ4v) is 10.1. The van der Waals surface area contributed by atoms with Gasteiger partial charge in [0, 0.05) is 69.3 Å². The number of nitrogens with one attached hydrogen (secondary N) is 2. The summed E-state index contributed by atoms with van der Waals surface area (Å²) in [4.78, 5) is 55.3. The second kappa shape index (κ2) is 15.7. The van der Waals surface area contributed by atoms with E-state index in [0.717, 1.165) is 118 Å². The van der Waals surface area contributed by atoms with E-state index >= 15 is 4.39 Å². The summed E-state index contributed by atoms with van der Waals surface area (Å²) < 4.78 is 29.0. The molecule has 60 heavy (non-hydrogen) atoms. The number of anilines is 2. The number of hydrogen-bond donors (Lipinski definition) is 2. The van der Waals surface area contributed by atoms with Crippen LogP contribution < -0.4 is 19.9 Å². The molecule has 2 aromatic heterocycles. The zero-order chi connectivity index (χ0) is 41.1. The molecule has 316 valence electrons. The normalized spacial score (nSPS) is 24.9. The van der Waals surface area contributed by atoms with Crippen molar-refractivity contribution < 1.29 is 28.2 Å². The maximum Gasteiger partial charge on any atom is 0.255 e. The number of hydrogen-bond acceptors (Lipinski definition) is 11. The molecule has 0 radical (unpaired) electrons. The molecule has 14 nitrogen and oxygen atoms in total. The van der Waals surface area contributed by atoms with Gasteiger partial charge in [0.25, 0.3) is 5.91 Å². The van der Waals surface area contributed by atoms with Crippen LogP contribution in [0.15, 0.2) is 36.7 Å². The minimum atomic E-state index is -0.768. The highest BCUT2D eigenvalue weighted by atomic mass is 19.1. The molecule has 2 N–H and O–H groups in total. The number of aryl methyl sites for hydroxylation is 1. The van der Waals surface area contributed by atoms with Gasteiger partial charge in [0.1, 0.15) is 35.2 Å². The van der Waals surface area contributed by atoms with E-state index in [1.807, 2.05) is 19.1 Å². The summed E-state index contributed by atoms with van der Waals surface area (Å²) >= 11 is 0. The minimum absolute atomic E-state index is 0.0335. The number of nitrogens with zero attached hydrogens (tertiary/aromatic N) is 7. The van der Waals surface area contributed by atoms with Crippen LogP contribution in [-0.2, 0) is 20.9 Å². The molecule has 5 fully saturated rings. The maximum absolute atomic E-state index is 16.1. The number of amides is 3. The highest BCUT2D eigenvalue weighted by Crippen LogP contribution is 2.41. The molecule has 3 amide bonds. The Bertz CT molecular complexity index is 2310. The van der Waals surface area contributed by atoms with Gasteiger partial charge in [-0.2, -0.15) is 5.10 Å². The first kappa shape index (κ1) is 39.0. The van der Waals surface area contributed by atoms with Crippen molar-refractivity contribution in [3.8, 4) is 17.1 Å². The Hall–Kier alpha value is -5.15. The number of piperazine rings is 1. The molecule has 3 saturated heterocycles. The van der Waals surface area contributed by atoms with Crippen LogP contribution in [0.5, 0.6) is 5.75 Å². The van der Waals surface area contributed by atoms with E-state index in [1.165, 1.54) is 4.90 Å². The number of fused-ring (bicyclic) bond motifs is 2. The number of aromatic amines is 1. The van der Waals surface area contributed by atoms with Crippen molar-refractivity contribution >= 4 is 40.1 Å². The van der Waals surface area contributed by atoms with E-state index in [0.29, 0.717) is 41.4 Å². The largest absolute Gasteiger partial charge is 0.488 e. The van der Waals surface area contributed by atoms with Gasteiger partial charge in [-0.3, -0.25) is 29.7 Å². The number of carbonyl (C=O) groups is 3. The van der Waals surface area contributed by atoms with Gasteiger partial charge in [-0.15, -0.1) is 0 Å². The van der Waals surface area contributed by atoms with Gasteiger partial charge >= 0.3 is 0 Å². The Labute approximate surface area is 349 Å². The molecular weight excluding hydrogens is 766 g/mol. The predicted molar refractivity (Wildman–Crippen MR) is 223 cm³/mol. The minimum Gasteiger partial charge on any atom is -0.488 e. The van der Waals surface area contributed by atoms with Crippen LogP contribution in [0, 0.1) is 18.7 Å². The molecule has 0 bridgehead atoms. The third kappa shape index (κ3) is 7.70. The molecule has 2 aliphatic carbocycles. The molecule has 10 rings (SSSR count). The summed E-state index contributed by atoms with van der Waals surface area (Å²) in [6, 6.07) is 9.16. The zero-order valence-electron chi connectivity index (χ0n) is 34.6. The quantitative estimate of drug-likeness (QED) is 0.195. The Balaban J connectivity index is 0.674. The van der Waals surface area contributed by atoms with Crippen molar-refractivity contribution in [1.29, 1.82) is 0 Å². The molecule has 0 spiro atoms. The molecule has 6 aliphatic rings. The first-order valence-electron chi connectivity index (χ1n) is 21.9. The highest BCUT2D eigenvalue weighted by Gasteiger charge is 2.42. The number of piperidine rings is 2. The number of aromatic nitrogens is 4. The van der Waals surface area contributed by atoms with Gasteiger partial charge < -0.3 is 24.2 Å². The van der Waals surface area contributed by atoms with E-state index in [1.54, 1.807) is 12.4 Å². The third-order valence-corrected chi connectivity index (χ3v) is 13.9. The number of rotatable bonds is 10. The van der Waals surface area contributed by atoms with Crippen LogP contribution >= 0.6 is 0 Å². The van der Waals surface area contributed by atoms with Crippen LogP contribution in [-0.4, -0.2) is 117 Å². The average Bonchev–Trinajstić information content (AvgIpc) is 3.65. The number of halogens is 1. The van der Waals surface area contributed by atoms with Crippen LogP contribution in [0.2, 0.25) is 0 Å². The van der Waals surface area contributed by atoms with Crippen molar-refractivity contribution in [2.45, 2.75) is 108 Å². The molecule has 4 aromatic rings. The van der Waals surface area contributed by atoms with Gasteiger partial charge in [0.15, 0.2) is 5.82 Å². The standard InChI is InChI=1S/C45H54FN9O5/c1-27-21-37(41(46)33-25-55(44(58)40(27)33)36-9-10-39(56)49-43(36)57)53-15-11-30(12-16-53)59-29-5-3-28(4-6-29)24-52-17-19-54(20-18-52)38-23-35(47-26-48-38)42-32-22-31(60-45(2)13-14-45)7-8-34(32)50-51-42/h7-8,21-23,26,28-30,36H,3-6,9-20,24-25H2,1-2H3,(H,50,51)(H,49,56,57). The molecule has 2 saturated carbocycles. The first-order valence-corrected chi connectivity index (χ1v) is 21.9. The molecule has 2 aromatic carbocycles. The molecular formula is C45H54FN9O5. The van der Waals surface area contributed by atoms with Crippen molar-refractivity contribution in [3.05, 3.63) is 59.2 Å². The fraction of sp³-hybridized carbons (Fsp3) is 0.556. The van der Waals surface area contributed by atoms with Gasteiger partial charge in [-0.1, -0.05) is 0 Å². The van der Waals surface area contributed by atoms with Crippen molar-refractivity contribution in [2.75, 3.05) is 55.6 Å². The Morgan fingerprint density at radius 3 is 2.40 bits per heavy atom. The van der Waals surface area contributed by atoms with E-state index in [2.05, 4.69) is 59.2 Å². The van der Waals surface area contributed by atoms with Crippen LogP contribution in [0.3, 0.4) is 0 Å². The lowest BCUT2D eigenvalue weighted by Crippen LogP contribution is -2.52. The SMILES string of the molecule is Cc1cc(N2CCC(OC3CCC(CN4CCN(c5cc(-c6n[nH]c7ccc(OC8(C)CC8)cc67)ncn5)CC4)CC3)CC2)c(F)c2c1C(=O)N(C1CCC(=O)NC1=O)C2. The number of ether oxygens (including phenoxy) is 2. The Morgan fingerprint density at radius 1 is 0.883 bits per heavy atom. The second-order valence-electron chi connectivity index (χ2n) is 18.1. The zero-order valence-corrected chi connectivity index (χ0v) is 34.6. The monoisotopic (exact) mass is 819 g/mol. The number of benzene rings is 2. The third-order valence-electron chi connectivity index (χ3n) is 13.9. The van der Waals surface area contributed by atoms with Crippen LogP contribution in [0.1, 0.15) is 92.6 Å². The molecule has 6 heterocycles. The van der Waals surface area contributed by atoms with Crippen LogP contribution in [0.25, 0.3) is 22.3 Å². The maximum atomic E-state index is 16.1. The summed E-state index contributed by atoms with van der Waals surface area (Å²) in [5.74, 6) is 0.892. The molecule has 15 heteroatoms. The molecule has 1 atom stereocenters. The number of H-pyrrole nitrogens is 1. The number of carbonyl (C=O) groups excluding carboxylic acids is 3. The van der Waals surface area contributed by atoms with Gasteiger partial charge in [0.2, 0.25) is 11.8 Å². The Kier molecular flexibility index (Phi) is 10.2. The summed E-state index contributed by atoms with van der Waals surface area (Å²) in [6.07, 6.45) is 10.7. The fourth-order valence-electron chi connectivity index (χ4n) is 10.1. The summed E-state index contributed by atoms with van der Waals surface area (Å²) in [6.45, 7) is 10.3. The number of imide groups is 1. The molecule has 4 aliphatic heterocycles. The first-order chi connectivity index (χ1) is 29.1. The second-order valence-corrected chi connectivity index (χ2v) is 18.1. The summed E-state index contributed by atoms with van der Waals surface area (Å²) in [7, 11) is 0. The Morgan fingerprint density at radius 2 is 1.65 bits per heavy atom. The lowest BCUT2D eigenvalue weighted by molar-refractivity contribution is -0.136.